The Bertz CT molecular complexity index is 832. The molecule has 0 aliphatic carbocycles. The molecule has 1 N–H and O–H groups in total. The minimum Gasteiger partial charge on any atom is -0.345 e. The van der Waals surface area contributed by atoms with Crippen molar-refractivity contribution in [1.29, 1.82) is 0 Å². The molecule has 7 heteroatoms. The summed E-state index contributed by atoms with van der Waals surface area (Å²) in [6.07, 6.45) is 3.74. The highest BCUT2D eigenvalue weighted by atomic mass is 16.2. The maximum atomic E-state index is 12.0. The van der Waals surface area contributed by atoms with Gasteiger partial charge in [0.2, 0.25) is 0 Å². The van der Waals surface area contributed by atoms with Crippen molar-refractivity contribution >= 4 is 11.6 Å². The molecule has 0 fully saturated rings. The van der Waals surface area contributed by atoms with Gasteiger partial charge in [0.15, 0.2) is 0 Å². The van der Waals surface area contributed by atoms with Crippen molar-refractivity contribution in [3.8, 4) is 0 Å². The van der Waals surface area contributed by atoms with Gasteiger partial charge in [-0.05, 0) is 18.2 Å². The fourth-order valence-electron chi connectivity index (χ4n) is 1.96. The summed E-state index contributed by atoms with van der Waals surface area (Å²) in [5.74, 6) is -0.345. The number of hydrogen-bond acceptors (Lipinski definition) is 4. The number of carbonyl (C=O) groups is 1. The van der Waals surface area contributed by atoms with Crippen molar-refractivity contribution in [2.45, 2.75) is 6.54 Å². The Morgan fingerprint density at radius 2 is 2.14 bits per heavy atom. The number of hydrogen-bond donors (Lipinski definition) is 1. The number of nitrogens with one attached hydrogen (secondary N) is 1. The molecule has 106 valence electrons. The molecule has 0 aliphatic heterocycles. The van der Waals surface area contributed by atoms with E-state index < -0.39 is 0 Å². The van der Waals surface area contributed by atoms with E-state index in [0.29, 0.717) is 6.54 Å². The van der Waals surface area contributed by atoms with Gasteiger partial charge in [0, 0.05) is 25.5 Å². The van der Waals surface area contributed by atoms with Gasteiger partial charge in [0.25, 0.3) is 11.5 Å². The van der Waals surface area contributed by atoms with Gasteiger partial charge in [-0.25, -0.2) is 9.67 Å². The van der Waals surface area contributed by atoms with Gasteiger partial charge in [-0.1, -0.05) is 6.07 Å². The van der Waals surface area contributed by atoms with Crippen LogP contribution in [0.4, 0.5) is 0 Å². The Morgan fingerprint density at radius 3 is 2.90 bits per heavy atom. The molecule has 0 radical (unpaired) electrons. The van der Waals surface area contributed by atoms with Crippen LogP contribution in [-0.2, 0) is 13.6 Å². The summed E-state index contributed by atoms with van der Waals surface area (Å²) < 4.78 is 3.01. The molecule has 0 saturated carbocycles. The minimum atomic E-state index is -0.345. The van der Waals surface area contributed by atoms with Gasteiger partial charge in [0.1, 0.15) is 11.3 Å². The largest absolute Gasteiger partial charge is 0.345 e. The Kier molecular flexibility index (Phi) is 3.23. The van der Waals surface area contributed by atoms with E-state index in [1.807, 2.05) is 35.0 Å². The number of carbonyl (C=O) groups excluding carboxylic acids is 1. The molecule has 3 rings (SSSR count). The fraction of sp³-hybridized carbons (Fsp3) is 0.143. The molecule has 3 aromatic heterocycles. The highest BCUT2D eigenvalue weighted by molar-refractivity contribution is 5.91. The smallest absolute Gasteiger partial charge is 0.272 e. The Labute approximate surface area is 119 Å². The van der Waals surface area contributed by atoms with Crippen molar-refractivity contribution in [2.75, 3.05) is 0 Å². The number of aromatic nitrogens is 4. The molecular formula is C14H13N5O2. The van der Waals surface area contributed by atoms with Crippen LogP contribution in [0.1, 0.15) is 16.2 Å². The van der Waals surface area contributed by atoms with Crippen LogP contribution < -0.4 is 10.9 Å². The molecule has 1 amide bonds. The second-order valence-electron chi connectivity index (χ2n) is 4.56. The van der Waals surface area contributed by atoms with Gasteiger partial charge < -0.3 is 9.72 Å². The molecule has 0 unspecified atom stereocenters. The van der Waals surface area contributed by atoms with Gasteiger partial charge in [-0.2, -0.15) is 5.10 Å². The fourth-order valence-corrected chi connectivity index (χ4v) is 1.96. The predicted molar refractivity (Wildman–Crippen MR) is 75.8 cm³/mol. The Morgan fingerprint density at radius 1 is 1.29 bits per heavy atom. The van der Waals surface area contributed by atoms with Crippen LogP contribution in [0, 0.1) is 0 Å². The third kappa shape index (κ3) is 2.66. The minimum absolute atomic E-state index is 0.195. The van der Waals surface area contributed by atoms with Crippen molar-refractivity contribution < 1.29 is 4.79 Å². The standard InChI is InChI=1S/C14H13N5O2/c1-18-13(20)6-5-11(17-18)14(21)15-8-10-9-19-7-3-2-4-12(19)16-10/h2-7,9H,8H2,1H3,(H,15,21). The number of fused-ring (bicyclic) bond motifs is 1. The van der Waals surface area contributed by atoms with Crippen LogP contribution in [-0.4, -0.2) is 25.1 Å². The summed E-state index contributed by atoms with van der Waals surface area (Å²) in [5, 5.41) is 6.62. The predicted octanol–water partition coefficient (Wildman–Crippen LogP) is 0.358. The molecule has 3 aromatic rings. The molecule has 7 nitrogen and oxygen atoms in total. The number of aryl methyl sites for hydroxylation is 1. The molecule has 3 heterocycles. The topological polar surface area (TPSA) is 81.3 Å². The number of nitrogens with zero attached hydrogens (tertiary/aromatic N) is 4. The highest BCUT2D eigenvalue weighted by Crippen LogP contribution is 2.04. The van der Waals surface area contributed by atoms with Gasteiger partial charge in [-0.3, -0.25) is 9.59 Å². The average molecular weight is 283 g/mol. The van der Waals surface area contributed by atoms with Crippen molar-refractivity contribution in [3.63, 3.8) is 0 Å². The van der Waals surface area contributed by atoms with Gasteiger partial charge in [0.05, 0.1) is 12.2 Å². The number of imidazole rings is 1. The zero-order valence-electron chi connectivity index (χ0n) is 11.4. The third-order valence-corrected chi connectivity index (χ3v) is 3.04. The van der Waals surface area contributed by atoms with Crippen LogP contribution >= 0.6 is 0 Å². The second-order valence-corrected chi connectivity index (χ2v) is 4.56. The first kappa shape index (κ1) is 13.0. The maximum absolute atomic E-state index is 12.0. The summed E-state index contributed by atoms with van der Waals surface area (Å²) >= 11 is 0. The molecule has 0 atom stereocenters. The summed E-state index contributed by atoms with van der Waals surface area (Å²) in [4.78, 5) is 27.6. The van der Waals surface area contributed by atoms with E-state index in [0.717, 1.165) is 16.0 Å². The van der Waals surface area contributed by atoms with Crippen LogP contribution in [0.2, 0.25) is 0 Å². The lowest BCUT2D eigenvalue weighted by Crippen LogP contribution is -2.28. The van der Waals surface area contributed by atoms with E-state index in [9.17, 15) is 9.59 Å². The number of pyridine rings is 1. The lowest BCUT2D eigenvalue weighted by Gasteiger charge is -2.03. The first-order valence-electron chi connectivity index (χ1n) is 6.39. The van der Waals surface area contributed by atoms with Gasteiger partial charge in [-0.15, -0.1) is 0 Å². The van der Waals surface area contributed by atoms with Crippen molar-refractivity contribution in [2.24, 2.45) is 7.05 Å². The molecule has 0 aromatic carbocycles. The first-order valence-corrected chi connectivity index (χ1v) is 6.39. The second kappa shape index (κ2) is 5.20. The lowest BCUT2D eigenvalue weighted by atomic mass is 10.3. The SMILES string of the molecule is Cn1nc(C(=O)NCc2cn3ccccc3n2)ccc1=O. The summed E-state index contributed by atoms with van der Waals surface area (Å²) in [7, 11) is 1.50. The molecular weight excluding hydrogens is 270 g/mol. The average Bonchev–Trinajstić information content (AvgIpc) is 2.90. The van der Waals surface area contributed by atoms with Crippen molar-refractivity contribution in [3.05, 3.63) is 64.5 Å². The normalized spacial score (nSPS) is 10.7. The summed E-state index contributed by atoms with van der Waals surface area (Å²) in [6.45, 7) is 0.297. The van der Waals surface area contributed by atoms with Crippen LogP contribution in [0.3, 0.4) is 0 Å². The first-order chi connectivity index (χ1) is 10.1. The number of amides is 1. The zero-order chi connectivity index (χ0) is 14.8. The van der Waals surface area contributed by atoms with Gasteiger partial charge >= 0.3 is 0 Å². The van der Waals surface area contributed by atoms with E-state index in [1.54, 1.807) is 0 Å². The van der Waals surface area contributed by atoms with E-state index in [4.69, 9.17) is 0 Å². The molecule has 0 saturated heterocycles. The van der Waals surface area contributed by atoms with E-state index in [-0.39, 0.29) is 17.2 Å². The molecule has 0 bridgehead atoms. The summed E-state index contributed by atoms with van der Waals surface area (Å²) in [6, 6.07) is 8.42. The zero-order valence-corrected chi connectivity index (χ0v) is 11.4. The van der Waals surface area contributed by atoms with E-state index >= 15 is 0 Å². The van der Waals surface area contributed by atoms with Crippen LogP contribution in [0.15, 0.2) is 47.5 Å². The third-order valence-electron chi connectivity index (χ3n) is 3.04. The maximum Gasteiger partial charge on any atom is 0.272 e. The van der Waals surface area contributed by atoms with E-state index in [1.165, 1.54) is 19.2 Å². The molecule has 21 heavy (non-hydrogen) atoms. The highest BCUT2D eigenvalue weighted by Gasteiger charge is 2.09. The molecule has 0 spiro atoms. The van der Waals surface area contributed by atoms with Crippen LogP contribution in [0.5, 0.6) is 0 Å². The van der Waals surface area contributed by atoms with E-state index in [2.05, 4.69) is 15.4 Å². The Balaban J connectivity index is 1.73. The molecule has 0 aliphatic rings. The number of rotatable bonds is 3. The quantitative estimate of drug-likeness (QED) is 0.752. The lowest BCUT2D eigenvalue weighted by molar-refractivity contribution is 0.0943. The Hall–Kier alpha value is -2.96. The summed E-state index contributed by atoms with van der Waals surface area (Å²) in [5.41, 5.74) is 1.51. The monoisotopic (exact) mass is 283 g/mol. The van der Waals surface area contributed by atoms with Crippen LogP contribution in [0.25, 0.3) is 5.65 Å². The van der Waals surface area contributed by atoms with Crippen molar-refractivity contribution in [1.82, 2.24) is 24.5 Å².